The first-order valence-corrected chi connectivity index (χ1v) is 5.85. The van der Waals surface area contributed by atoms with Crippen LogP contribution in [0.3, 0.4) is 0 Å². The highest BCUT2D eigenvalue weighted by Gasteiger charge is 2.08. The molecule has 0 fully saturated rings. The number of aliphatic carboxylic acids is 1. The molecule has 0 bridgehead atoms. The van der Waals surface area contributed by atoms with Crippen LogP contribution in [-0.2, 0) is 4.79 Å². The van der Waals surface area contributed by atoms with Crippen molar-refractivity contribution in [1.82, 2.24) is 9.80 Å². The molecule has 0 aliphatic heterocycles. The van der Waals surface area contributed by atoms with Gasteiger partial charge in [0.25, 0.3) is 0 Å². The number of carbonyl (C=O) groups is 1. The largest absolute Gasteiger partial charge is 0.480 e. The van der Waals surface area contributed by atoms with Crippen molar-refractivity contribution in [1.29, 1.82) is 0 Å². The van der Waals surface area contributed by atoms with Crippen molar-refractivity contribution in [2.24, 2.45) is 4.99 Å². The fourth-order valence-electron chi connectivity index (χ4n) is 0.880. The molecule has 92 valence electrons. The van der Waals surface area contributed by atoms with E-state index in [2.05, 4.69) is 27.5 Å². The van der Waals surface area contributed by atoms with Gasteiger partial charge in [-0.15, -0.1) is 0 Å². The Bertz CT molecular complexity index is 279. The maximum Gasteiger partial charge on any atom is 0.323 e. The van der Waals surface area contributed by atoms with Gasteiger partial charge in [-0.05, 0) is 13.8 Å². The van der Waals surface area contributed by atoms with Gasteiger partial charge in [-0.25, -0.2) is 4.99 Å². The van der Waals surface area contributed by atoms with Gasteiger partial charge < -0.3 is 14.9 Å². The van der Waals surface area contributed by atoms with E-state index in [4.69, 9.17) is 5.11 Å². The lowest BCUT2D eigenvalue weighted by molar-refractivity contribution is -0.137. The highest BCUT2D eigenvalue weighted by Crippen LogP contribution is 2.04. The number of halogens is 1. The Kier molecular flexibility index (Phi) is 6.80. The van der Waals surface area contributed by atoms with Crippen molar-refractivity contribution >= 4 is 28.2 Å². The molecule has 0 rings (SSSR count). The summed E-state index contributed by atoms with van der Waals surface area (Å²) in [7, 11) is 1.86. The molecule has 0 aliphatic carbocycles. The Balaban J connectivity index is 4.36. The van der Waals surface area contributed by atoms with Crippen LogP contribution in [0.15, 0.2) is 17.4 Å². The van der Waals surface area contributed by atoms with Gasteiger partial charge in [0.05, 0.1) is 11.3 Å². The molecule has 5 nitrogen and oxygen atoms in total. The van der Waals surface area contributed by atoms with E-state index in [-0.39, 0.29) is 11.5 Å². The Labute approximate surface area is 105 Å². The van der Waals surface area contributed by atoms with Crippen molar-refractivity contribution < 1.29 is 9.90 Å². The van der Waals surface area contributed by atoms with E-state index < -0.39 is 5.97 Å². The number of nitrogens with zero attached hydrogens (tertiary/aromatic N) is 3. The number of carboxylic acid groups (broad SMARTS) is 1. The lowest BCUT2D eigenvalue weighted by Gasteiger charge is -2.21. The molecule has 0 aromatic heterocycles. The molecule has 1 N–H and O–H groups in total. The standard InChI is InChI=1S/C10H18BrN3O2/c1-5-14(6-10(15)16)9(3)12-7-13(4)8(2)11/h7-8H,3,5-6H2,1-2,4H3,(H,15,16). The van der Waals surface area contributed by atoms with E-state index in [0.717, 1.165) is 0 Å². The first kappa shape index (κ1) is 15.0. The summed E-state index contributed by atoms with van der Waals surface area (Å²) in [5, 5.41) is 8.68. The number of likely N-dealkylation sites (N-methyl/N-ethyl adjacent to an activating group) is 1. The molecule has 0 aliphatic rings. The van der Waals surface area contributed by atoms with Gasteiger partial charge in [0.15, 0.2) is 0 Å². The molecule has 0 radical (unpaired) electrons. The topological polar surface area (TPSA) is 56.1 Å². The van der Waals surface area contributed by atoms with Crippen LogP contribution in [0.25, 0.3) is 0 Å². The summed E-state index contributed by atoms with van der Waals surface area (Å²) < 4.78 is 0. The van der Waals surface area contributed by atoms with Crippen molar-refractivity contribution in [3.63, 3.8) is 0 Å². The number of rotatable bonds is 7. The molecule has 0 amide bonds. The molecule has 0 saturated carbocycles. The van der Waals surface area contributed by atoms with Crippen molar-refractivity contribution in [2.45, 2.75) is 18.8 Å². The average molecular weight is 292 g/mol. The maximum atomic E-state index is 10.6. The minimum absolute atomic E-state index is 0.0831. The van der Waals surface area contributed by atoms with Crippen LogP contribution in [0.1, 0.15) is 13.8 Å². The highest BCUT2D eigenvalue weighted by atomic mass is 79.9. The lowest BCUT2D eigenvalue weighted by atomic mass is 10.5. The molecule has 0 heterocycles. The van der Waals surface area contributed by atoms with Crippen LogP contribution in [0.5, 0.6) is 0 Å². The summed E-state index contributed by atoms with van der Waals surface area (Å²) in [5.74, 6) is -0.440. The van der Waals surface area contributed by atoms with Crippen LogP contribution in [-0.4, -0.2) is 52.3 Å². The van der Waals surface area contributed by atoms with E-state index >= 15 is 0 Å². The molecule has 0 aromatic rings. The minimum Gasteiger partial charge on any atom is -0.480 e. The SMILES string of the molecule is C=C(N=CN(C)C(C)Br)N(CC)CC(=O)O. The van der Waals surface area contributed by atoms with Gasteiger partial charge in [0.1, 0.15) is 12.4 Å². The Morgan fingerprint density at radius 1 is 1.69 bits per heavy atom. The normalized spacial score (nSPS) is 12.5. The Hall–Kier alpha value is -1.04. The van der Waals surface area contributed by atoms with Gasteiger partial charge in [0, 0.05) is 13.6 Å². The van der Waals surface area contributed by atoms with E-state index in [1.807, 2.05) is 25.8 Å². The molecule has 0 aromatic carbocycles. The van der Waals surface area contributed by atoms with Crippen LogP contribution in [0.4, 0.5) is 0 Å². The van der Waals surface area contributed by atoms with Crippen LogP contribution in [0.2, 0.25) is 0 Å². The third-order valence-electron chi connectivity index (χ3n) is 2.02. The van der Waals surface area contributed by atoms with Crippen molar-refractivity contribution in [2.75, 3.05) is 20.1 Å². The summed E-state index contributed by atoms with van der Waals surface area (Å²) in [6.07, 6.45) is 1.62. The number of carboxylic acids is 1. The van der Waals surface area contributed by atoms with E-state index in [1.54, 1.807) is 11.2 Å². The highest BCUT2D eigenvalue weighted by molar-refractivity contribution is 9.09. The molecule has 16 heavy (non-hydrogen) atoms. The summed E-state index contributed by atoms with van der Waals surface area (Å²) >= 11 is 3.38. The molecular formula is C10H18BrN3O2. The van der Waals surface area contributed by atoms with Gasteiger partial charge in [-0.3, -0.25) is 4.79 Å². The molecule has 1 atom stereocenters. The zero-order valence-corrected chi connectivity index (χ0v) is 11.4. The van der Waals surface area contributed by atoms with Gasteiger partial charge >= 0.3 is 5.97 Å². The second-order valence-electron chi connectivity index (χ2n) is 3.31. The monoisotopic (exact) mass is 291 g/mol. The maximum absolute atomic E-state index is 10.6. The third kappa shape index (κ3) is 5.75. The average Bonchev–Trinajstić information content (AvgIpc) is 2.21. The van der Waals surface area contributed by atoms with Gasteiger partial charge in [0.2, 0.25) is 0 Å². The summed E-state index contributed by atoms with van der Waals surface area (Å²) in [4.78, 5) is 18.3. The predicted octanol–water partition coefficient (Wildman–Crippen LogP) is 1.57. The van der Waals surface area contributed by atoms with E-state index in [9.17, 15) is 4.79 Å². The van der Waals surface area contributed by atoms with E-state index in [0.29, 0.717) is 12.4 Å². The van der Waals surface area contributed by atoms with Crippen molar-refractivity contribution in [3.05, 3.63) is 12.4 Å². The number of hydrogen-bond donors (Lipinski definition) is 1. The minimum atomic E-state index is -0.889. The molecular weight excluding hydrogens is 274 g/mol. The first-order chi connectivity index (χ1) is 7.38. The van der Waals surface area contributed by atoms with E-state index in [1.165, 1.54) is 0 Å². The smallest absolute Gasteiger partial charge is 0.323 e. The number of hydrogen-bond acceptors (Lipinski definition) is 3. The fourth-order valence-corrected chi connectivity index (χ4v) is 0.986. The molecule has 6 heteroatoms. The lowest BCUT2D eigenvalue weighted by Crippen LogP contribution is -2.29. The molecule has 1 unspecified atom stereocenters. The number of aliphatic imine (C=N–C) groups is 1. The van der Waals surface area contributed by atoms with Crippen LogP contribution in [0, 0.1) is 0 Å². The second-order valence-corrected chi connectivity index (χ2v) is 4.63. The van der Waals surface area contributed by atoms with Gasteiger partial charge in [-0.1, -0.05) is 22.5 Å². The number of alkyl halides is 1. The predicted molar refractivity (Wildman–Crippen MR) is 68.7 cm³/mol. The first-order valence-electron chi connectivity index (χ1n) is 4.94. The van der Waals surface area contributed by atoms with Crippen molar-refractivity contribution in [3.8, 4) is 0 Å². The Morgan fingerprint density at radius 3 is 2.62 bits per heavy atom. The summed E-state index contributed by atoms with van der Waals surface area (Å²) in [5.41, 5.74) is 0. The molecule has 0 saturated heterocycles. The molecule has 0 spiro atoms. The quantitative estimate of drug-likeness (QED) is 0.335. The van der Waals surface area contributed by atoms with Gasteiger partial charge in [-0.2, -0.15) is 0 Å². The van der Waals surface area contributed by atoms with Crippen LogP contribution >= 0.6 is 15.9 Å². The fraction of sp³-hybridized carbons (Fsp3) is 0.600. The third-order valence-corrected chi connectivity index (χ3v) is 2.67. The Morgan fingerprint density at radius 2 is 2.25 bits per heavy atom. The summed E-state index contributed by atoms with van der Waals surface area (Å²) in [6, 6.07) is 0. The zero-order valence-electron chi connectivity index (χ0n) is 9.85. The second kappa shape index (κ2) is 7.27. The van der Waals surface area contributed by atoms with Crippen LogP contribution < -0.4 is 0 Å². The summed E-state index contributed by atoms with van der Waals surface area (Å²) in [6.45, 7) is 8.04. The zero-order chi connectivity index (χ0) is 12.7.